The largest absolute Gasteiger partial charge is 0.493 e. The maximum atomic E-state index is 13.2. The van der Waals surface area contributed by atoms with Crippen LogP contribution >= 0.6 is 11.6 Å². The predicted molar refractivity (Wildman–Crippen MR) is 155 cm³/mol. The van der Waals surface area contributed by atoms with Gasteiger partial charge in [-0.15, -0.1) is 0 Å². The smallest absolute Gasteiger partial charge is 0.397 e. The first-order valence-electron chi connectivity index (χ1n) is 14.5. The Kier molecular flexibility index (Phi) is 10.9. The summed E-state index contributed by atoms with van der Waals surface area (Å²) in [7, 11) is 0. The van der Waals surface area contributed by atoms with Crippen LogP contribution in [-0.2, 0) is 49.3 Å². The van der Waals surface area contributed by atoms with Crippen molar-refractivity contribution in [2.75, 3.05) is 13.2 Å². The van der Waals surface area contributed by atoms with E-state index >= 15 is 0 Å². The monoisotopic (exact) mass is 670 g/mol. The first kappa shape index (κ1) is 35.0. The molecule has 250 valence electrons. The van der Waals surface area contributed by atoms with Crippen molar-refractivity contribution in [3.05, 3.63) is 64.2 Å². The lowest BCUT2D eigenvalue weighted by Crippen LogP contribution is -2.59. The van der Waals surface area contributed by atoms with Crippen molar-refractivity contribution in [3.63, 3.8) is 0 Å². The Hall–Kier alpha value is -3.84. The Morgan fingerprint density at radius 1 is 0.848 bits per heavy atom. The summed E-state index contributed by atoms with van der Waals surface area (Å²) in [5, 5.41) is 0.385. The van der Waals surface area contributed by atoms with Crippen LogP contribution in [0.1, 0.15) is 63.3 Å². The van der Waals surface area contributed by atoms with Gasteiger partial charge in [-0.05, 0) is 54.2 Å². The van der Waals surface area contributed by atoms with E-state index in [0.29, 0.717) is 28.3 Å². The average Bonchev–Trinajstić information content (AvgIpc) is 3.76. The third kappa shape index (κ3) is 8.69. The SMILES string of the molecule is CC(=O)OC[C@H]1O[C@@H](c2ccc(Cl)c(Cc3ccc(OCC4(C(F)(F)F)CC4)cc3)c2)[C@H](OC(C)=O)[C@@H](OC(C)=O)[C@@H]1OC(C)=O. The summed E-state index contributed by atoms with van der Waals surface area (Å²) in [6.07, 6.45) is -10.0. The van der Waals surface area contributed by atoms with E-state index in [4.69, 9.17) is 40.0 Å². The van der Waals surface area contributed by atoms with Crippen LogP contribution in [0.15, 0.2) is 42.5 Å². The Balaban J connectivity index is 1.61. The first-order chi connectivity index (χ1) is 21.6. The number of carbonyl (C=O) groups excluding carboxylic acids is 4. The molecule has 0 aromatic heterocycles. The molecule has 2 aromatic rings. The number of esters is 4. The molecule has 0 spiro atoms. The third-order valence-corrected chi connectivity index (χ3v) is 8.05. The molecule has 1 heterocycles. The highest BCUT2D eigenvalue weighted by Gasteiger charge is 2.64. The van der Waals surface area contributed by atoms with Crippen LogP contribution < -0.4 is 4.74 Å². The Morgan fingerprint density at radius 3 is 1.98 bits per heavy atom. The molecule has 10 nitrogen and oxygen atoms in total. The van der Waals surface area contributed by atoms with Gasteiger partial charge >= 0.3 is 30.1 Å². The number of hydrogen-bond donors (Lipinski definition) is 0. The average molecular weight is 671 g/mol. The highest BCUT2D eigenvalue weighted by molar-refractivity contribution is 6.31. The van der Waals surface area contributed by atoms with Gasteiger partial charge in [0, 0.05) is 32.7 Å². The molecule has 1 saturated carbocycles. The highest BCUT2D eigenvalue weighted by atomic mass is 35.5. The van der Waals surface area contributed by atoms with Gasteiger partial charge in [-0.25, -0.2) is 0 Å². The van der Waals surface area contributed by atoms with E-state index in [1.165, 1.54) is 6.92 Å². The zero-order valence-corrected chi connectivity index (χ0v) is 26.3. The minimum absolute atomic E-state index is 0.0446. The predicted octanol–water partition coefficient (Wildman–Crippen LogP) is 5.45. The summed E-state index contributed by atoms with van der Waals surface area (Å²) in [5.41, 5.74) is 0.0626. The van der Waals surface area contributed by atoms with Crippen LogP contribution in [0.25, 0.3) is 0 Å². The second-order valence-corrected chi connectivity index (χ2v) is 11.8. The molecular weight excluding hydrogens is 637 g/mol. The minimum atomic E-state index is -4.31. The number of benzene rings is 2. The molecule has 46 heavy (non-hydrogen) atoms. The van der Waals surface area contributed by atoms with Gasteiger partial charge in [0.05, 0.1) is 0 Å². The van der Waals surface area contributed by atoms with Crippen molar-refractivity contribution >= 4 is 35.5 Å². The number of alkyl halides is 3. The molecular formula is C32H34ClF3O10. The molecule has 1 saturated heterocycles. The van der Waals surface area contributed by atoms with Crippen LogP contribution in [0.4, 0.5) is 13.2 Å². The molecule has 0 unspecified atom stereocenters. The summed E-state index contributed by atoms with van der Waals surface area (Å²) < 4.78 is 73.1. The van der Waals surface area contributed by atoms with E-state index in [-0.39, 0.29) is 19.4 Å². The lowest BCUT2D eigenvalue weighted by Gasteiger charge is -2.44. The molecule has 0 amide bonds. The summed E-state index contributed by atoms with van der Waals surface area (Å²) in [6.45, 7) is 3.80. The van der Waals surface area contributed by atoms with Crippen molar-refractivity contribution in [1.29, 1.82) is 0 Å². The van der Waals surface area contributed by atoms with Crippen LogP contribution in [0, 0.1) is 5.41 Å². The van der Waals surface area contributed by atoms with Crippen molar-refractivity contribution in [2.45, 2.75) is 83.7 Å². The Bertz CT molecular complexity index is 1440. The number of carbonyl (C=O) groups is 4. The van der Waals surface area contributed by atoms with E-state index in [0.717, 1.165) is 26.3 Å². The van der Waals surface area contributed by atoms with Crippen molar-refractivity contribution < 1.29 is 60.8 Å². The van der Waals surface area contributed by atoms with Crippen LogP contribution in [-0.4, -0.2) is 67.7 Å². The number of rotatable bonds is 11. The first-order valence-corrected chi connectivity index (χ1v) is 14.8. The van der Waals surface area contributed by atoms with E-state index in [1.54, 1.807) is 42.5 Å². The van der Waals surface area contributed by atoms with Crippen LogP contribution in [0.3, 0.4) is 0 Å². The van der Waals surface area contributed by atoms with Crippen LogP contribution in [0.2, 0.25) is 5.02 Å². The van der Waals surface area contributed by atoms with Gasteiger partial charge in [0.1, 0.15) is 36.6 Å². The van der Waals surface area contributed by atoms with Crippen molar-refractivity contribution in [1.82, 2.24) is 0 Å². The number of ether oxygens (including phenoxy) is 6. The number of hydrogen-bond acceptors (Lipinski definition) is 10. The molecule has 2 aromatic carbocycles. The summed E-state index contributed by atoms with van der Waals surface area (Å²) in [5.74, 6) is -2.55. The van der Waals surface area contributed by atoms with Gasteiger partial charge in [0.2, 0.25) is 0 Å². The van der Waals surface area contributed by atoms with Gasteiger partial charge in [0.15, 0.2) is 18.3 Å². The Morgan fingerprint density at radius 2 is 1.43 bits per heavy atom. The van der Waals surface area contributed by atoms with Crippen molar-refractivity contribution in [2.24, 2.45) is 5.41 Å². The third-order valence-electron chi connectivity index (χ3n) is 7.68. The zero-order valence-electron chi connectivity index (χ0n) is 25.6. The maximum Gasteiger partial charge on any atom is 0.397 e. The van der Waals surface area contributed by atoms with Crippen molar-refractivity contribution in [3.8, 4) is 5.75 Å². The molecule has 0 radical (unpaired) electrons. The molecule has 4 rings (SSSR count). The molecule has 2 fully saturated rings. The van der Waals surface area contributed by atoms with E-state index in [9.17, 15) is 32.3 Å². The standard InChI is InChI=1S/C32H34ClF3O10/c1-17(37)41-15-26-28(43-18(2)38)30(45-20(4)40)29(44-19(3)39)27(46-26)22-7-10-25(33)23(14-22)13-21-5-8-24(9-6-21)42-16-31(11-12-31)32(34,35)36/h5-10,14,26-30H,11-13,15-16H2,1-4H3/t26-,27+,28-,29+,30+/m1/s1. The molecule has 14 heteroatoms. The lowest BCUT2D eigenvalue weighted by molar-refractivity contribution is -0.254. The second kappa shape index (κ2) is 14.3. The van der Waals surface area contributed by atoms with Gasteiger partial charge in [-0.2, -0.15) is 13.2 Å². The normalized spacial score (nSPS) is 23.5. The topological polar surface area (TPSA) is 124 Å². The molecule has 0 bridgehead atoms. The summed E-state index contributed by atoms with van der Waals surface area (Å²) in [4.78, 5) is 48.0. The second-order valence-electron chi connectivity index (χ2n) is 11.4. The summed E-state index contributed by atoms with van der Waals surface area (Å²) >= 11 is 6.54. The molecule has 0 N–H and O–H groups in total. The zero-order chi connectivity index (χ0) is 33.8. The fraction of sp³-hybridized carbons (Fsp3) is 0.500. The fourth-order valence-electron chi connectivity index (χ4n) is 5.21. The van der Waals surface area contributed by atoms with E-state index < -0.39 is 72.6 Å². The minimum Gasteiger partial charge on any atom is -0.493 e. The highest BCUT2D eigenvalue weighted by Crippen LogP contribution is 2.57. The maximum absolute atomic E-state index is 13.2. The van der Waals surface area contributed by atoms with E-state index in [2.05, 4.69) is 0 Å². The quantitative estimate of drug-likeness (QED) is 0.225. The van der Waals surface area contributed by atoms with Gasteiger partial charge < -0.3 is 28.4 Å². The molecule has 1 aliphatic carbocycles. The van der Waals surface area contributed by atoms with Gasteiger partial charge in [-0.1, -0.05) is 35.9 Å². The molecule has 5 atom stereocenters. The molecule has 1 aliphatic heterocycles. The van der Waals surface area contributed by atoms with E-state index in [1.807, 2.05) is 0 Å². The lowest BCUT2D eigenvalue weighted by atomic mass is 9.89. The Labute approximate surface area is 268 Å². The molecule has 2 aliphatic rings. The summed E-state index contributed by atoms with van der Waals surface area (Å²) in [6, 6.07) is 11.5. The van der Waals surface area contributed by atoms with Crippen LogP contribution in [0.5, 0.6) is 5.75 Å². The van der Waals surface area contributed by atoms with Gasteiger partial charge in [0.25, 0.3) is 0 Å². The fourth-order valence-corrected chi connectivity index (χ4v) is 5.39. The number of halogens is 4. The van der Waals surface area contributed by atoms with Gasteiger partial charge in [-0.3, -0.25) is 19.2 Å².